The molecule has 6 heteroatoms. The molecule has 0 atom stereocenters. The Kier molecular flexibility index (Phi) is 5.45. The number of benzene rings is 2. The molecule has 4 N–H and O–H groups in total. The van der Waals surface area contributed by atoms with E-state index in [0.717, 1.165) is 39.1 Å². The third-order valence-corrected chi connectivity index (χ3v) is 4.49. The quantitative estimate of drug-likeness (QED) is 0.347. The SMILES string of the molecule is NC(=S)NN/C(=C\c1nc(-c2ccccn2)cc2ccccc12)c1ccccc1. The highest BCUT2D eigenvalue weighted by Crippen LogP contribution is 2.26. The number of aromatic nitrogens is 2. The normalized spacial score (nSPS) is 11.2. The van der Waals surface area contributed by atoms with Gasteiger partial charge >= 0.3 is 0 Å². The third kappa shape index (κ3) is 4.39. The van der Waals surface area contributed by atoms with Crippen LogP contribution < -0.4 is 16.6 Å². The second kappa shape index (κ2) is 8.50. The zero-order valence-electron chi connectivity index (χ0n) is 15.5. The van der Waals surface area contributed by atoms with Crippen LogP contribution in [-0.2, 0) is 0 Å². The summed E-state index contributed by atoms with van der Waals surface area (Å²) in [5.41, 5.74) is 15.7. The summed E-state index contributed by atoms with van der Waals surface area (Å²) in [6, 6.07) is 25.9. The molecule has 2 aromatic carbocycles. The summed E-state index contributed by atoms with van der Waals surface area (Å²) < 4.78 is 0. The van der Waals surface area contributed by atoms with Gasteiger partial charge in [-0.2, -0.15) is 0 Å². The van der Waals surface area contributed by atoms with Gasteiger partial charge in [-0.3, -0.25) is 15.8 Å². The van der Waals surface area contributed by atoms with Gasteiger partial charge in [-0.05, 0) is 47.4 Å². The van der Waals surface area contributed by atoms with Gasteiger partial charge in [0.2, 0.25) is 0 Å². The molecule has 0 radical (unpaired) electrons. The van der Waals surface area contributed by atoms with Gasteiger partial charge in [-0.1, -0.05) is 60.7 Å². The van der Waals surface area contributed by atoms with Crippen LogP contribution in [0.4, 0.5) is 0 Å². The number of hydrogen-bond acceptors (Lipinski definition) is 4. The van der Waals surface area contributed by atoms with Crippen molar-refractivity contribution < 1.29 is 0 Å². The largest absolute Gasteiger partial charge is 0.375 e. The lowest BCUT2D eigenvalue weighted by molar-refractivity contribution is 0.847. The molecule has 0 bridgehead atoms. The Morgan fingerprint density at radius 2 is 1.62 bits per heavy atom. The molecule has 0 aliphatic carbocycles. The van der Waals surface area contributed by atoms with Crippen LogP contribution in [0.2, 0.25) is 0 Å². The predicted octanol–water partition coefficient (Wildman–Crippen LogP) is 4.13. The van der Waals surface area contributed by atoms with Gasteiger partial charge in [-0.15, -0.1) is 0 Å². The predicted molar refractivity (Wildman–Crippen MR) is 122 cm³/mol. The lowest BCUT2D eigenvalue weighted by Gasteiger charge is -2.14. The van der Waals surface area contributed by atoms with E-state index in [2.05, 4.69) is 34.0 Å². The maximum atomic E-state index is 5.61. The summed E-state index contributed by atoms with van der Waals surface area (Å²) in [7, 11) is 0. The van der Waals surface area contributed by atoms with E-state index in [1.54, 1.807) is 6.20 Å². The first kappa shape index (κ1) is 18.6. The molecular weight excluding hydrogens is 378 g/mol. The maximum Gasteiger partial charge on any atom is 0.182 e. The molecule has 0 aliphatic rings. The van der Waals surface area contributed by atoms with Gasteiger partial charge in [-0.25, -0.2) is 4.98 Å². The van der Waals surface area contributed by atoms with E-state index < -0.39 is 0 Å². The van der Waals surface area contributed by atoms with E-state index in [1.165, 1.54) is 0 Å². The topological polar surface area (TPSA) is 75.9 Å². The minimum absolute atomic E-state index is 0.159. The van der Waals surface area contributed by atoms with Crippen molar-refractivity contribution in [2.75, 3.05) is 0 Å². The van der Waals surface area contributed by atoms with E-state index >= 15 is 0 Å². The molecule has 142 valence electrons. The van der Waals surface area contributed by atoms with Crippen LogP contribution in [0, 0.1) is 0 Å². The van der Waals surface area contributed by atoms with Gasteiger partial charge in [0.05, 0.1) is 22.8 Å². The molecule has 5 nitrogen and oxygen atoms in total. The number of thiocarbonyl (C=S) groups is 1. The minimum Gasteiger partial charge on any atom is -0.375 e. The summed E-state index contributed by atoms with van der Waals surface area (Å²) in [6.45, 7) is 0. The van der Waals surface area contributed by atoms with E-state index in [0.29, 0.717) is 0 Å². The van der Waals surface area contributed by atoms with Crippen molar-refractivity contribution in [2.24, 2.45) is 5.73 Å². The summed E-state index contributed by atoms with van der Waals surface area (Å²) in [6.07, 6.45) is 3.75. The Balaban J connectivity index is 1.88. The first-order valence-electron chi connectivity index (χ1n) is 9.10. The second-order valence-corrected chi connectivity index (χ2v) is 6.81. The zero-order valence-corrected chi connectivity index (χ0v) is 16.4. The maximum absolute atomic E-state index is 5.61. The molecular formula is C23H19N5S. The van der Waals surface area contributed by atoms with Crippen LogP contribution in [0.3, 0.4) is 0 Å². The average Bonchev–Trinajstić information content (AvgIpc) is 2.77. The van der Waals surface area contributed by atoms with E-state index in [-0.39, 0.29) is 5.11 Å². The first-order valence-corrected chi connectivity index (χ1v) is 9.51. The van der Waals surface area contributed by atoms with Crippen molar-refractivity contribution in [2.45, 2.75) is 0 Å². The highest BCUT2D eigenvalue weighted by atomic mass is 32.1. The lowest BCUT2D eigenvalue weighted by atomic mass is 10.0. The number of fused-ring (bicyclic) bond motifs is 1. The lowest BCUT2D eigenvalue weighted by Crippen LogP contribution is -2.39. The van der Waals surface area contributed by atoms with E-state index in [4.69, 9.17) is 22.9 Å². The van der Waals surface area contributed by atoms with Crippen molar-refractivity contribution >= 4 is 39.9 Å². The third-order valence-electron chi connectivity index (χ3n) is 4.38. The molecule has 29 heavy (non-hydrogen) atoms. The molecule has 0 spiro atoms. The number of hydrogen-bond donors (Lipinski definition) is 3. The van der Waals surface area contributed by atoms with Crippen molar-refractivity contribution in [3.05, 3.63) is 96.3 Å². The molecule has 0 unspecified atom stereocenters. The van der Waals surface area contributed by atoms with Gasteiger partial charge < -0.3 is 5.73 Å². The number of nitrogens with one attached hydrogen (secondary N) is 2. The summed E-state index contributed by atoms with van der Waals surface area (Å²) in [4.78, 5) is 9.34. The Bertz CT molecular complexity index is 1170. The van der Waals surface area contributed by atoms with Crippen LogP contribution in [-0.4, -0.2) is 15.1 Å². The molecule has 0 aliphatic heterocycles. The molecule has 0 amide bonds. The van der Waals surface area contributed by atoms with Crippen LogP contribution in [0.1, 0.15) is 11.3 Å². The fourth-order valence-electron chi connectivity index (χ4n) is 3.06. The highest BCUT2D eigenvalue weighted by molar-refractivity contribution is 7.80. The Labute approximate surface area is 174 Å². The highest BCUT2D eigenvalue weighted by Gasteiger charge is 2.09. The van der Waals surface area contributed by atoms with Crippen molar-refractivity contribution in [1.29, 1.82) is 0 Å². The van der Waals surface area contributed by atoms with E-state index in [9.17, 15) is 0 Å². The molecule has 2 aromatic heterocycles. The van der Waals surface area contributed by atoms with Crippen LogP contribution >= 0.6 is 12.2 Å². The first-order chi connectivity index (χ1) is 14.2. The molecule has 0 saturated carbocycles. The zero-order chi connectivity index (χ0) is 20.1. The molecule has 0 fully saturated rings. The van der Waals surface area contributed by atoms with Crippen LogP contribution in [0.25, 0.3) is 33.9 Å². The molecule has 0 saturated heterocycles. The van der Waals surface area contributed by atoms with Crippen molar-refractivity contribution in [1.82, 2.24) is 20.8 Å². The molecule has 4 aromatic rings. The summed E-state index contributed by atoms with van der Waals surface area (Å²) in [5.74, 6) is 0. The summed E-state index contributed by atoms with van der Waals surface area (Å²) >= 11 is 4.94. The van der Waals surface area contributed by atoms with Gasteiger partial charge in [0.25, 0.3) is 0 Å². The smallest absolute Gasteiger partial charge is 0.182 e. The Hall–Kier alpha value is -3.77. The van der Waals surface area contributed by atoms with Crippen molar-refractivity contribution in [3.8, 4) is 11.4 Å². The Morgan fingerprint density at radius 3 is 2.38 bits per heavy atom. The summed E-state index contributed by atoms with van der Waals surface area (Å²) in [5, 5.41) is 2.29. The monoisotopic (exact) mass is 397 g/mol. The fourth-order valence-corrected chi connectivity index (χ4v) is 3.11. The number of nitrogens with zero attached hydrogens (tertiary/aromatic N) is 2. The molecule has 4 rings (SSSR count). The molecule has 2 heterocycles. The average molecular weight is 398 g/mol. The van der Waals surface area contributed by atoms with Gasteiger partial charge in [0, 0.05) is 11.6 Å². The number of nitrogens with two attached hydrogens (primary N) is 1. The number of pyridine rings is 2. The van der Waals surface area contributed by atoms with Gasteiger partial charge in [0.15, 0.2) is 5.11 Å². The fraction of sp³-hybridized carbons (Fsp3) is 0. The Morgan fingerprint density at radius 1 is 0.862 bits per heavy atom. The minimum atomic E-state index is 0.159. The van der Waals surface area contributed by atoms with Crippen molar-refractivity contribution in [3.63, 3.8) is 0 Å². The number of hydrazine groups is 1. The standard InChI is InChI=1S/C23H19N5S/c24-23(29)28-27-20(16-8-2-1-3-9-16)15-21-18-11-5-4-10-17(18)14-22(26-21)19-12-6-7-13-25-19/h1-15,27H,(H3,24,28,29)/b20-15-. The number of rotatable bonds is 5. The van der Waals surface area contributed by atoms with Crippen LogP contribution in [0.5, 0.6) is 0 Å². The second-order valence-electron chi connectivity index (χ2n) is 6.37. The van der Waals surface area contributed by atoms with E-state index in [1.807, 2.05) is 66.7 Å². The van der Waals surface area contributed by atoms with Crippen LogP contribution in [0.15, 0.2) is 85.1 Å². The van der Waals surface area contributed by atoms with Gasteiger partial charge in [0.1, 0.15) is 0 Å².